The summed E-state index contributed by atoms with van der Waals surface area (Å²) in [5, 5.41) is 3.56. The first-order chi connectivity index (χ1) is 10.2. The highest BCUT2D eigenvalue weighted by molar-refractivity contribution is 5.20. The van der Waals surface area contributed by atoms with E-state index in [0.29, 0.717) is 0 Å². The molecule has 0 saturated carbocycles. The van der Waals surface area contributed by atoms with E-state index in [-0.39, 0.29) is 11.9 Å². The Morgan fingerprint density at radius 2 is 1.95 bits per heavy atom. The molecule has 0 bridgehead atoms. The maximum Gasteiger partial charge on any atom is 0.123 e. The van der Waals surface area contributed by atoms with Crippen molar-refractivity contribution in [2.45, 2.75) is 52.5 Å². The first-order valence-corrected chi connectivity index (χ1v) is 8.42. The molecule has 3 heteroatoms. The fourth-order valence-electron chi connectivity index (χ4n) is 2.55. The molecular weight excluding hydrogens is 263 g/mol. The highest BCUT2D eigenvalue weighted by atomic mass is 19.1. The molecule has 0 aliphatic heterocycles. The molecular formula is C18H31FN2. The minimum absolute atomic E-state index is 0.144. The Labute approximate surface area is 129 Å². The fraction of sp³-hybridized carbons (Fsp3) is 0.667. The lowest BCUT2D eigenvalue weighted by molar-refractivity contribution is 0.265. The van der Waals surface area contributed by atoms with Crippen molar-refractivity contribution in [2.75, 3.05) is 26.2 Å². The molecule has 1 aromatic rings. The van der Waals surface area contributed by atoms with Crippen molar-refractivity contribution in [1.82, 2.24) is 10.2 Å². The van der Waals surface area contributed by atoms with E-state index < -0.39 is 0 Å². The van der Waals surface area contributed by atoms with E-state index >= 15 is 0 Å². The number of hydrogen-bond acceptors (Lipinski definition) is 2. The predicted octanol–water partition coefficient (Wildman–Crippen LogP) is 4.38. The van der Waals surface area contributed by atoms with Crippen LogP contribution >= 0.6 is 0 Å². The van der Waals surface area contributed by atoms with Crippen LogP contribution < -0.4 is 5.32 Å². The monoisotopic (exact) mass is 294 g/mol. The van der Waals surface area contributed by atoms with Crippen LogP contribution in [0.3, 0.4) is 0 Å². The third kappa shape index (κ3) is 7.05. The number of nitrogens with one attached hydrogen (secondary N) is 1. The number of rotatable bonds is 11. The lowest BCUT2D eigenvalue weighted by atomic mass is 10.0. The highest BCUT2D eigenvalue weighted by Gasteiger charge is 2.13. The highest BCUT2D eigenvalue weighted by Crippen LogP contribution is 2.18. The van der Waals surface area contributed by atoms with Crippen LogP contribution in [0.25, 0.3) is 0 Å². The third-order valence-corrected chi connectivity index (χ3v) is 3.90. The van der Waals surface area contributed by atoms with Crippen molar-refractivity contribution in [3.05, 3.63) is 35.6 Å². The Kier molecular flexibility index (Phi) is 9.27. The molecule has 0 spiro atoms. The summed E-state index contributed by atoms with van der Waals surface area (Å²) in [7, 11) is 0. The van der Waals surface area contributed by atoms with Crippen LogP contribution in [0, 0.1) is 5.82 Å². The summed E-state index contributed by atoms with van der Waals surface area (Å²) < 4.78 is 13.4. The van der Waals surface area contributed by atoms with Crippen molar-refractivity contribution in [2.24, 2.45) is 0 Å². The van der Waals surface area contributed by atoms with Gasteiger partial charge >= 0.3 is 0 Å². The maximum absolute atomic E-state index is 13.4. The van der Waals surface area contributed by atoms with Gasteiger partial charge in [-0.25, -0.2) is 4.39 Å². The summed E-state index contributed by atoms with van der Waals surface area (Å²) in [6.07, 6.45) is 4.61. The Morgan fingerprint density at radius 3 is 2.57 bits per heavy atom. The second kappa shape index (κ2) is 10.7. The van der Waals surface area contributed by atoms with Gasteiger partial charge in [0.2, 0.25) is 0 Å². The first-order valence-electron chi connectivity index (χ1n) is 8.42. The van der Waals surface area contributed by atoms with Gasteiger partial charge < -0.3 is 10.2 Å². The van der Waals surface area contributed by atoms with Gasteiger partial charge in [-0.15, -0.1) is 0 Å². The molecule has 0 heterocycles. The molecule has 0 saturated heterocycles. The number of halogens is 1. The third-order valence-electron chi connectivity index (χ3n) is 3.90. The molecule has 0 aliphatic rings. The molecule has 1 rings (SSSR count). The largest absolute Gasteiger partial charge is 0.310 e. The van der Waals surface area contributed by atoms with E-state index in [9.17, 15) is 4.39 Å². The van der Waals surface area contributed by atoms with E-state index in [2.05, 4.69) is 31.0 Å². The van der Waals surface area contributed by atoms with E-state index in [1.165, 1.54) is 18.9 Å². The Bertz CT molecular complexity index is 381. The van der Waals surface area contributed by atoms with Gasteiger partial charge in [-0.3, -0.25) is 0 Å². The van der Waals surface area contributed by atoms with Crippen molar-refractivity contribution in [3.63, 3.8) is 0 Å². The maximum atomic E-state index is 13.4. The molecule has 1 atom stereocenters. The zero-order valence-corrected chi connectivity index (χ0v) is 13.9. The van der Waals surface area contributed by atoms with E-state index in [1.54, 1.807) is 12.1 Å². The first kappa shape index (κ1) is 18.1. The molecule has 0 aromatic heterocycles. The summed E-state index contributed by atoms with van der Waals surface area (Å²) >= 11 is 0. The van der Waals surface area contributed by atoms with E-state index in [0.717, 1.165) is 44.6 Å². The molecule has 2 nitrogen and oxygen atoms in total. The van der Waals surface area contributed by atoms with Crippen molar-refractivity contribution >= 4 is 0 Å². The van der Waals surface area contributed by atoms with Gasteiger partial charge in [0.15, 0.2) is 0 Å². The average molecular weight is 294 g/mol. The SMILES string of the molecule is CCCCN(CC)CCC(NCCC)c1cccc(F)c1. The molecule has 1 aromatic carbocycles. The number of hydrogen-bond donors (Lipinski definition) is 1. The minimum atomic E-state index is -0.144. The van der Waals surface area contributed by atoms with Gasteiger partial charge in [0, 0.05) is 6.04 Å². The van der Waals surface area contributed by atoms with E-state index in [4.69, 9.17) is 0 Å². The van der Waals surface area contributed by atoms with Crippen LogP contribution in [0.15, 0.2) is 24.3 Å². The van der Waals surface area contributed by atoms with Crippen molar-refractivity contribution in [3.8, 4) is 0 Å². The van der Waals surface area contributed by atoms with Gasteiger partial charge in [0.05, 0.1) is 0 Å². The predicted molar refractivity (Wildman–Crippen MR) is 89.1 cm³/mol. The zero-order chi connectivity index (χ0) is 15.5. The molecule has 1 N–H and O–H groups in total. The second-order valence-electron chi connectivity index (χ2n) is 5.64. The van der Waals surface area contributed by atoms with Crippen LogP contribution in [0.1, 0.15) is 58.1 Å². The molecule has 0 amide bonds. The number of nitrogens with zero attached hydrogens (tertiary/aromatic N) is 1. The molecule has 21 heavy (non-hydrogen) atoms. The van der Waals surface area contributed by atoms with Gasteiger partial charge in [-0.1, -0.05) is 39.3 Å². The Morgan fingerprint density at radius 1 is 1.14 bits per heavy atom. The minimum Gasteiger partial charge on any atom is -0.310 e. The molecule has 0 radical (unpaired) electrons. The van der Waals surface area contributed by atoms with Gasteiger partial charge in [-0.2, -0.15) is 0 Å². The smallest absolute Gasteiger partial charge is 0.123 e. The molecule has 120 valence electrons. The Hall–Kier alpha value is -0.930. The number of unbranched alkanes of at least 4 members (excludes halogenated alkanes) is 1. The fourth-order valence-corrected chi connectivity index (χ4v) is 2.55. The number of benzene rings is 1. The normalized spacial score (nSPS) is 12.8. The van der Waals surface area contributed by atoms with Crippen molar-refractivity contribution < 1.29 is 4.39 Å². The lowest BCUT2D eigenvalue weighted by Crippen LogP contribution is -2.30. The summed E-state index contributed by atoms with van der Waals surface area (Å²) in [4.78, 5) is 2.49. The van der Waals surface area contributed by atoms with Crippen LogP contribution in [-0.2, 0) is 0 Å². The molecule has 0 aliphatic carbocycles. The summed E-state index contributed by atoms with van der Waals surface area (Å²) in [6.45, 7) is 10.9. The topological polar surface area (TPSA) is 15.3 Å². The van der Waals surface area contributed by atoms with Crippen LogP contribution in [-0.4, -0.2) is 31.1 Å². The summed E-state index contributed by atoms with van der Waals surface area (Å²) in [5.41, 5.74) is 1.06. The summed E-state index contributed by atoms with van der Waals surface area (Å²) in [6, 6.07) is 7.25. The van der Waals surface area contributed by atoms with Gasteiger partial charge in [0.25, 0.3) is 0 Å². The second-order valence-corrected chi connectivity index (χ2v) is 5.64. The van der Waals surface area contributed by atoms with E-state index in [1.807, 2.05) is 6.07 Å². The zero-order valence-electron chi connectivity index (χ0n) is 13.9. The van der Waals surface area contributed by atoms with Crippen LogP contribution in [0.4, 0.5) is 4.39 Å². The van der Waals surface area contributed by atoms with Crippen molar-refractivity contribution in [1.29, 1.82) is 0 Å². The van der Waals surface area contributed by atoms with Gasteiger partial charge in [-0.05, 0) is 63.1 Å². The summed E-state index contributed by atoms with van der Waals surface area (Å²) in [5.74, 6) is -0.144. The van der Waals surface area contributed by atoms with Crippen LogP contribution in [0.2, 0.25) is 0 Å². The standard InChI is InChI=1S/C18H31FN2/c1-4-7-13-21(6-3)14-11-18(20-12-5-2)16-9-8-10-17(19)15-16/h8-10,15,18,20H,4-7,11-14H2,1-3H3. The lowest BCUT2D eigenvalue weighted by Gasteiger charge is -2.25. The van der Waals surface area contributed by atoms with Crippen LogP contribution in [0.5, 0.6) is 0 Å². The molecule has 0 fully saturated rings. The average Bonchev–Trinajstić information content (AvgIpc) is 2.50. The van der Waals surface area contributed by atoms with Gasteiger partial charge in [0.1, 0.15) is 5.82 Å². The molecule has 1 unspecified atom stereocenters. The Balaban J connectivity index is 2.60. The quantitative estimate of drug-likeness (QED) is 0.651.